The van der Waals surface area contributed by atoms with Gasteiger partial charge in [-0.25, -0.2) is 4.39 Å². The van der Waals surface area contributed by atoms with E-state index in [1.807, 2.05) is 0 Å². The number of piperidine rings is 1. The van der Waals surface area contributed by atoms with Crippen LogP contribution in [0.2, 0.25) is 0 Å². The van der Waals surface area contributed by atoms with Crippen LogP contribution in [0, 0.1) is 18.7 Å². The minimum absolute atomic E-state index is 0.109. The Morgan fingerprint density at radius 1 is 1.42 bits per heavy atom. The van der Waals surface area contributed by atoms with E-state index in [1.54, 1.807) is 13.0 Å². The molecule has 1 aliphatic rings. The highest BCUT2D eigenvalue weighted by Crippen LogP contribution is 2.15. The zero-order chi connectivity index (χ0) is 13.8. The fraction of sp³-hybridized carbons (Fsp3) is 0.533. The molecular weight excluding hydrogens is 243 g/mol. The Morgan fingerprint density at radius 3 is 2.74 bits per heavy atom. The first-order valence-electron chi connectivity index (χ1n) is 6.79. The van der Waals surface area contributed by atoms with Crippen molar-refractivity contribution in [1.29, 1.82) is 0 Å². The summed E-state index contributed by atoms with van der Waals surface area (Å²) >= 11 is 0. The Balaban J connectivity index is 1.85. The number of rotatable bonds is 3. The highest BCUT2D eigenvalue weighted by atomic mass is 19.1. The van der Waals surface area contributed by atoms with Gasteiger partial charge in [0, 0.05) is 12.1 Å². The number of carbonyl (C=O) groups is 1. The molecule has 1 aromatic carbocycles. The van der Waals surface area contributed by atoms with Gasteiger partial charge in [-0.2, -0.15) is 0 Å². The van der Waals surface area contributed by atoms with Crippen molar-refractivity contribution < 1.29 is 9.18 Å². The SMILES string of the molecule is Cc1cc(C(=O)NCC2CCN(C)CC2)ccc1F. The topological polar surface area (TPSA) is 32.3 Å². The maximum absolute atomic E-state index is 13.1. The summed E-state index contributed by atoms with van der Waals surface area (Å²) in [5.41, 5.74) is 1.04. The third-order valence-electron chi connectivity index (χ3n) is 3.81. The van der Waals surface area contributed by atoms with Gasteiger partial charge in [-0.3, -0.25) is 4.79 Å². The van der Waals surface area contributed by atoms with Crippen molar-refractivity contribution in [3.05, 3.63) is 35.1 Å². The van der Waals surface area contributed by atoms with Gasteiger partial charge in [0.25, 0.3) is 5.91 Å². The number of amides is 1. The van der Waals surface area contributed by atoms with Crippen molar-refractivity contribution in [1.82, 2.24) is 10.2 Å². The molecule has 104 valence electrons. The predicted octanol–water partition coefficient (Wildman–Crippen LogP) is 2.21. The van der Waals surface area contributed by atoms with Crippen molar-refractivity contribution in [3.8, 4) is 0 Å². The van der Waals surface area contributed by atoms with Gasteiger partial charge in [-0.1, -0.05) is 0 Å². The van der Waals surface area contributed by atoms with Crippen LogP contribution in [0.25, 0.3) is 0 Å². The van der Waals surface area contributed by atoms with E-state index in [0.717, 1.165) is 25.9 Å². The standard InChI is InChI=1S/C15H21FN2O/c1-11-9-13(3-4-14(11)16)15(19)17-10-12-5-7-18(2)8-6-12/h3-4,9,12H,5-8,10H2,1-2H3,(H,17,19). The van der Waals surface area contributed by atoms with Crippen LogP contribution < -0.4 is 5.32 Å². The summed E-state index contributed by atoms with van der Waals surface area (Å²) in [6, 6.07) is 4.48. The van der Waals surface area contributed by atoms with Crippen molar-refractivity contribution in [2.45, 2.75) is 19.8 Å². The van der Waals surface area contributed by atoms with Crippen molar-refractivity contribution in [2.24, 2.45) is 5.92 Å². The molecule has 1 aromatic rings. The first-order valence-corrected chi connectivity index (χ1v) is 6.79. The Hall–Kier alpha value is -1.42. The molecular formula is C15H21FN2O. The first-order chi connectivity index (χ1) is 9.06. The van der Waals surface area contributed by atoms with E-state index in [4.69, 9.17) is 0 Å². The molecule has 0 spiro atoms. The van der Waals surface area contributed by atoms with E-state index in [9.17, 15) is 9.18 Å². The average molecular weight is 264 g/mol. The average Bonchev–Trinajstić information content (AvgIpc) is 2.41. The molecule has 0 radical (unpaired) electrons. The summed E-state index contributed by atoms with van der Waals surface area (Å²) in [5, 5.41) is 2.95. The second kappa shape index (κ2) is 6.15. The molecule has 1 N–H and O–H groups in total. The minimum Gasteiger partial charge on any atom is -0.352 e. The van der Waals surface area contributed by atoms with Gasteiger partial charge >= 0.3 is 0 Å². The maximum atomic E-state index is 13.1. The Kier molecular flexibility index (Phi) is 4.53. The molecule has 0 bridgehead atoms. The third-order valence-corrected chi connectivity index (χ3v) is 3.81. The van der Waals surface area contributed by atoms with Gasteiger partial charge in [0.1, 0.15) is 5.82 Å². The largest absolute Gasteiger partial charge is 0.352 e. The van der Waals surface area contributed by atoms with Crippen LogP contribution in [0.4, 0.5) is 4.39 Å². The Labute approximate surface area is 113 Å². The van der Waals surface area contributed by atoms with E-state index in [2.05, 4.69) is 17.3 Å². The minimum atomic E-state index is -0.271. The molecule has 0 atom stereocenters. The van der Waals surface area contributed by atoms with E-state index in [0.29, 0.717) is 23.6 Å². The quantitative estimate of drug-likeness (QED) is 0.907. The molecule has 0 aliphatic carbocycles. The molecule has 1 aliphatic heterocycles. The third kappa shape index (κ3) is 3.77. The van der Waals surface area contributed by atoms with Crippen LogP contribution in [0.3, 0.4) is 0 Å². The fourth-order valence-electron chi connectivity index (χ4n) is 2.39. The van der Waals surface area contributed by atoms with Crippen molar-refractivity contribution >= 4 is 5.91 Å². The molecule has 3 nitrogen and oxygen atoms in total. The van der Waals surface area contributed by atoms with Gasteiger partial charge in [-0.05, 0) is 69.6 Å². The number of benzene rings is 1. The molecule has 1 saturated heterocycles. The summed E-state index contributed by atoms with van der Waals surface area (Å²) in [7, 11) is 2.12. The Morgan fingerprint density at radius 2 is 2.11 bits per heavy atom. The summed E-state index contributed by atoms with van der Waals surface area (Å²) in [4.78, 5) is 14.3. The number of likely N-dealkylation sites (tertiary alicyclic amines) is 1. The molecule has 1 fully saturated rings. The summed E-state index contributed by atoms with van der Waals surface area (Å²) in [5.74, 6) is 0.176. The van der Waals surface area contributed by atoms with E-state index >= 15 is 0 Å². The second-order valence-electron chi connectivity index (χ2n) is 5.42. The zero-order valence-corrected chi connectivity index (χ0v) is 11.6. The number of hydrogen-bond donors (Lipinski definition) is 1. The van der Waals surface area contributed by atoms with Crippen LogP contribution in [0.1, 0.15) is 28.8 Å². The summed E-state index contributed by atoms with van der Waals surface area (Å²) in [6.45, 7) is 4.57. The number of aryl methyl sites for hydroxylation is 1. The van der Waals surface area contributed by atoms with Crippen LogP contribution in [-0.4, -0.2) is 37.5 Å². The van der Waals surface area contributed by atoms with Crippen LogP contribution in [0.15, 0.2) is 18.2 Å². The van der Waals surface area contributed by atoms with E-state index in [-0.39, 0.29) is 11.7 Å². The monoisotopic (exact) mass is 264 g/mol. The molecule has 1 amide bonds. The number of hydrogen-bond acceptors (Lipinski definition) is 2. The lowest BCUT2D eigenvalue weighted by molar-refractivity contribution is 0.0939. The van der Waals surface area contributed by atoms with Crippen molar-refractivity contribution in [2.75, 3.05) is 26.7 Å². The van der Waals surface area contributed by atoms with Crippen molar-refractivity contribution in [3.63, 3.8) is 0 Å². The lowest BCUT2D eigenvalue weighted by atomic mass is 9.97. The van der Waals surface area contributed by atoms with Gasteiger partial charge in [0.2, 0.25) is 0 Å². The first kappa shape index (κ1) is 14.0. The van der Waals surface area contributed by atoms with Gasteiger partial charge in [-0.15, -0.1) is 0 Å². The van der Waals surface area contributed by atoms with Gasteiger partial charge < -0.3 is 10.2 Å². The lowest BCUT2D eigenvalue weighted by Crippen LogP contribution is -2.36. The number of nitrogens with one attached hydrogen (secondary N) is 1. The van der Waals surface area contributed by atoms with Gasteiger partial charge in [0.15, 0.2) is 0 Å². The molecule has 1 heterocycles. The second-order valence-corrected chi connectivity index (χ2v) is 5.42. The fourth-order valence-corrected chi connectivity index (χ4v) is 2.39. The molecule has 0 aromatic heterocycles. The van der Waals surface area contributed by atoms with E-state index < -0.39 is 0 Å². The number of nitrogens with zero attached hydrogens (tertiary/aromatic N) is 1. The Bertz CT molecular complexity index is 453. The highest BCUT2D eigenvalue weighted by Gasteiger charge is 2.17. The zero-order valence-electron chi connectivity index (χ0n) is 11.6. The number of halogens is 1. The summed E-state index contributed by atoms with van der Waals surface area (Å²) < 4.78 is 13.1. The molecule has 2 rings (SSSR count). The van der Waals surface area contributed by atoms with Crippen LogP contribution in [-0.2, 0) is 0 Å². The summed E-state index contributed by atoms with van der Waals surface area (Å²) in [6.07, 6.45) is 2.25. The predicted molar refractivity (Wildman–Crippen MR) is 73.7 cm³/mol. The highest BCUT2D eigenvalue weighted by molar-refractivity contribution is 5.94. The molecule has 19 heavy (non-hydrogen) atoms. The molecule has 0 saturated carbocycles. The smallest absolute Gasteiger partial charge is 0.251 e. The normalized spacial score (nSPS) is 17.4. The van der Waals surface area contributed by atoms with Crippen LogP contribution >= 0.6 is 0 Å². The number of carbonyl (C=O) groups excluding carboxylic acids is 1. The van der Waals surface area contributed by atoms with Gasteiger partial charge in [0.05, 0.1) is 0 Å². The maximum Gasteiger partial charge on any atom is 0.251 e. The van der Waals surface area contributed by atoms with E-state index in [1.165, 1.54) is 12.1 Å². The molecule has 0 unspecified atom stereocenters. The molecule has 4 heteroatoms. The van der Waals surface area contributed by atoms with Crippen LogP contribution in [0.5, 0.6) is 0 Å². The lowest BCUT2D eigenvalue weighted by Gasteiger charge is -2.28.